The van der Waals surface area contributed by atoms with Crippen LogP contribution < -0.4 is 5.32 Å². The van der Waals surface area contributed by atoms with E-state index in [0.29, 0.717) is 5.41 Å². The van der Waals surface area contributed by atoms with Gasteiger partial charge >= 0.3 is 6.03 Å². The Labute approximate surface area is 183 Å². The van der Waals surface area contributed by atoms with Crippen molar-refractivity contribution < 1.29 is 4.79 Å². The normalized spacial score (nSPS) is 32.1. The predicted octanol–water partition coefficient (Wildman–Crippen LogP) is 5.68. The van der Waals surface area contributed by atoms with E-state index in [1.165, 1.54) is 50.5 Å². The molecule has 3 saturated carbocycles. The molecule has 3 fully saturated rings. The summed E-state index contributed by atoms with van der Waals surface area (Å²) in [5.74, 6) is 3.88. The van der Waals surface area contributed by atoms with Gasteiger partial charge in [0.15, 0.2) is 0 Å². The van der Waals surface area contributed by atoms with Crippen molar-refractivity contribution in [2.45, 2.75) is 78.1 Å². The van der Waals surface area contributed by atoms with E-state index in [1.807, 2.05) is 12.4 Å². The number of nitrogens with zero attached hydrogens (tertiary/aromatic N) is 2. The van der Waals surface area contributed by atoms with E-state index in [-0.39, 0.29) is 6.03 Å². The zero-order chi connectivity index (χ0) is 21.0. The third kappa shape index (κ3) is 5.00. The first kappa shape index (κ1) is 21.6. The molecule has 0 aromatic carbocycles. The van der Waals surface area contributed by atoms with Crippen LogP contribution in [-0.4, -0.2) is 35.5 Å². The summed E-state index contributed by atoms with van der Waals surface area (Å²) in [4.78, 5) is 19.0. The summed E-state index contributed by atoms with van der Waals surface area (Å²) in [5, 5.41) is 3.18. The number of hydrogen-bond donors (Lipinski definition) is 1. The van der Waals surface area contributed by atoms with Gasteiger partial charge in [0, 0.05) is 32.0 Å². The monoisotopic (exact) mass is 411 g/mol. The fourth-order valence-electron chi connectivity index (χ4n) is 6.93. The van der Waals surface area contributed by atoms with Crippen molar-refractivity contribution in [1.82, 2.24) is 15.2 Å². The van der Waals surface area contributed by atoms with Crippen molar-refractivity contribution in [3.63, 3.8) is 0 Å². The molecular formula is C26H41N3O. The Kier molecular flexibility index (Phi) is 7.00. The number of urea groups is 1. The molecule has 0 aliphatic heterocycles. The molecule has 4 nitrogen and oxygen atoms in total. The Hall–Kier alpha value is -1.58. The number of hydrogen-bond acceptors (Lipinski definition) is 2. The smallest absolute Gasteiger partial charge is 0.317 e. The largest absolute Gasteiger partial charge is 0.338 e. The zero-order valence-electron chi connectivity index (χ0n) is 19.1. The van der Waals surface area contributed by atoms with Crippen LogP contribution in [0, 0.1) is 29.1 Å². The minimum Gasteiger partial charge on any atom is -0.338 e. The summed E-state index contributed by atoms with van der Waals surface area (Å²) in [6.07, 6.45) is 16.6. The summed E-state index contributed by atoms with van der Waals surface area (Å²) in [7, 11) is 0. The van der Waals surface area contributed by atoms with Gasteiger partial charge in [-0.1, -0.05) is 13.8 Å². The molecule has 30 heavy (non-hydrogen) atoms. The fraction of sp³-hybridized carbons (Fsp3) is 0.769. The minimum atomic E-state index is 0.134. The van der Waals surface area contributed by atoms with Crippen molar-refractivity contribution in [2.24, 2.45) is 29.1 Å². The lowest BCUT2D eigenvalue weighted by Crippen LogP contribution is -2.43. The lowest BCUT2D eigenvalue weighted by atomic mass is 9.68. The molecule has 3 aliphatic rings. The summed E-state index contributed by atoms with van der Waals surface area (Å²) in [6.45, 7) is 7.26. The molecule has 5 atom stereocenters. The van der Waals surface area contributed by atoms with Gasteiger partial charge in [-0.2, -0.15) is 0 Å². The molecule has 3 bridgehead atoms. The van der Waals surface area contributed by atoms with E-state index in [2.05, 4.69) is 41.2 Å². The van der Waals surface area contributed by atoms with Crippen molar-refractivity contribution in [3.05, 3.63) is 30.1 Å². The molecule has 1 heterocycles. The van der Waals surface area contributed by atoms with E-state index in [1.54, 1.807) is 0 Å². The van der Waals surface area contributed by atoms with Crippen LogP contribution in [0.5, 0.6) is 0 Å². The van der Waals surface area contributed by atoms with Gasteiger partial charge in [0.05, 0.1) is 0 Å². The maximum absolute atomic E-state index is 12.9. The number of carbonyl (C=O) groups excluding carboxylic acids is 1. The van der Waals surface area contributed by atoms with Crippen LogP contribution in [0.2, 0.25) is 0 Å². The molecule has 1 aromatic rings. The van der Waals surface area contributed by atoms with Gasteiger partial charge in [-0.3, -0.25) is 4.98 Å². The number of nitrogens with one attached hydrogen (secondary N) is 1. The first-order valence-corrected chi connectivity index (χ1v) is 12.5. The van der Waals surface area contributed by atoms with Gasteiger partial charge in [-0.25, -0.2) is 4.79 Å². The highest BCUT2D eigenvalue weighted by molar-refractivity contribution is 5.74. The second-order valence-electron chi connectivity index (χ2n) is 10.7. The van der Waals surface area contributed by atoms with Gasteiger partial charge < -0.3 is 10.2 Å². The Morgan fingerprint density at radius 2 is 1.97 bits per heavy atom. The molecular weight excluding hydrogens is 370 g/mol. The van der Waals surface area contributed by atoms with Crippen molar-refractivity contribution in [1.29, 1.82) is 0 Å². The maximum Gasteiger partial charge on any atom is 0.317 e. The highest BCUT2D eigenvalue weighted by atomic mass is 16.2. The summed E-state index contributed by atoms with van der Waals surface area (Å²) < 4.78 is 0. The molecule has 1 aromatic heterocycles. The Balaban J connectivity index is 1.27. The Morgan fingerprint density at radius 3 is 2.77 bits per heavy atom. The van der Waals surface area contributed by atoms with Gasteiger partial charge in [0.2, 0.25) is 0 Å². The van der Waals surface area contributed by atoms with E-state index in [4.69, 9.17) is 0 Å². The molecule has 0 saturated heterocycles. The van der Waals surface area contributed by atoms with E-state index in [0.717, 1.165) is 62.6 Å². The van der Waals surface area contributed by atoms with Gasteiger partial charge in [-0.15, -0.1) is 0 Å². The number of aromatic nitrogens is 1. The molecule has 0 radical (unpaired) electrons. The van der Waals surface area contributed by atoms with E-state index >= 15 is 0 Å². The lowest BCUT2D eigenvalue weighted by molar-refractivity contribution is 0.108. The number of rotatable bonds is 9. The summed E-state index contributed by atoms with van der Waals surface area (Å²) in [6, 6.07) is 4.24. The second-order valence-corrected chi connectivity index (χ2v) is 10.7. The van der Waals surface area contributed by atoms with Gasteiger partial charge in [0.1, 0.15) is 0 Å². The van der Waals surface area contributed by atoms with E-state index in [9.17, 15) is 4.79 Å². The summed E-state index contributed by atoms with van der Waals surface area (Å²) in [5.41, 5.74) is 1.72. The van der Waals surface area contributed by atoms with E-state index < -0.39 is 0 Å². The predicted molar refractivity (Wildman–Crippen MR) is 122 cm³/mol. The average molecular weight is 412 g/mol. The number of fused-ring (bicyclic) bond motifs is 2. The number of carbonyl (C=O) groups is 1. The number of amides is 2. The quantitative estimate of drug-likeness (QED) is 0.531. The molecule has 2 amide bonds. The molecule has 0 spiro atoms. The Bertz CT molecular complexity index is 693. The highest BCUT2D eigenvalue weighted by Gasteiger charge is 2.50. The van der Waals surface area contributed by atoms with Crippen LogP contribution in [0.4, 0.5) is 4.79 Å². The zero-order valence-corrected chi connectivity index (χ0v) is 19.1. The van der Waals surface area contributed by atoms with Crippen molar-refractivity contribution >= 4 is 6.03 Å². The SMILES string of the molecule is CCCN(CCC1(C)CCC2CC3CC(C2)[C@H]1C3)C(=O)NCCCc1ccncc1. The topological polar surface area (TPSA) is 45.2 Å². The van der Waals surface area contributed by atoms with Crippen LogP contribution in [0.1, 0.15) is 77.2 Å². The first-order chi connectivity index (χ1) is 14.6. The van der Waals surface area contributed by atoms with Crippen LogP contribution >= 0.6 is 0 Å². The molecule has 4 rings (SSSR count). The molecule has 3 aliphatic carbocycles. The molecule has 166 valence electrons. The Morgan fingerprint density at radius 1 is 1.17 bits per heavy atom. The van der Waals surface area contributed by atoms with Crippen LogP contribution in [0.15, 0.2) is 24.5 Å². The minimum absolute atomic E-state index is 0.134. The van der Waals surface area contributed by atoms with Gasteiger partial charge in [0.25, 0.3) is 0 Å². The molecule has 4 heteroatoms. The average Bonchev–Trinajstić information content (AvgIpc) is 3.03. The van der Waals surface area contributed by atoms with Crippen LogP contribution in [-0.2, 0) is 6.42 Å². The lowest BCUT2D eigenvalue weighted by Gasteiger charge is -2.39. The van der Waals surface area contributed by atoms with Gasteiger partial charge in [-0.05, 0) is 111 Å². The fourth-order valence-corrected chi connectivity index (χ4v) is 6.93. The third-order valence-corrected chi connectivity index (χ3v) is 8.52. The standard InChI is InChI=1S/C26H41N3O/c1-3-14-29(25(30)28-11-4-5-20-7-12-27-13-8-20)15-10-26(2)9-6-21-16-22-18-23(17-21)24(26)19-22/h7-8,12-13,21-24H,3-6,9-11,14-19H2,1-2H3,(H,28,30)/t21?,22?,23?,24-,26?/m1/s1. The maximum atomic E-state index is 12.9. The van der Waals surface area contributed by atoms with Crippen LogP contribution in [0.25, 0.3) is 0 Å². The second kappa shape index (κ2) is 9.70. The number of aryl methyl sites for hydroxylation is 1. The van der Waals surface area contributed by atoms with Crippen molar-refractivity contribution in [2.75, 3.05) is 19.6 Å². The third-order valence-electron chi connectivity index (χ3n) is 8.52. The summed E-state index contributed by atoms with van der Waals surface area (Å²) >= 11 is 0. The van der Waals surface area contributed by atoms with Crippen molar-refractivity contribution in [3.8, 4) is 0 Å². The first-order valence-electron chi connectivity index (χ1n) is 12.5. The molecule has 4 unspecified atom stereocenters. The number of pyridine rings is 1. The van der Waals surface area contributed by atoms with Crippen LogP contribution in [0.3, 0.4) is 0 Å². The highest BCUT2D eigenvalue weighted by Crippen LogP contribution is 2.60. The molecule has 1 N–H and O–H groups in total.